The van der Waals surface area contributed by atoms with Gasteiger partial charge in [0.05, 0.1) is 5.39 Å². The van der Waals surface area contributed by atoms with Crippen LogP contribution in [0.4, 0.5) is 5.82 Å². The summed E-state index contributed by atoms with van der Waals surface area (Å²) in [5.41, 5.74) is -0.0473. The molecule has 1 heterocycles. The normalized spacial score (nSPS) is 22.2. The molecule has 1 aromatic carbocycles. The summed E-state index contributed by atoms with van der Waals surface area (Å²) in [5, 5.41) is 9.71. The van der Waals surface area contributed by atoms with Crippen molar-refractivity contribution in [2.75, 3.05) is 19.4 Å². The minimum Gasteiger partial charge on any atom is -0.364 e. The molecule has 0 unspecified atom stereocenters. The summed E-state index contributed by atoms with van der Waals surface area (Å²) in [6, 6.07) is 8.58. The van der Waals surface area contributed by atoms with E-state index >= 15 is 0 Å². The van der Waals surface area contributed by atoms with Crippen LogP contribution >= 0.6 is 0 Å². The van der Waals surface area contributed by atoms with Crippen molar-refractivity contribution in [3.8, 4) is 0 Å². The number of rotatable bonds is 3. The SMILES string of the molecule is CN(C)[C@@H]1CCCC[C@@H]1Nc1nn(C)c(=O)c2ccccc12. The van der Waals surface area contributed by atoms with E-state index < -0.39 is 0 Å². The summed E-state index contributed by atoms with van der Waals surface area (Å²) in [6.07, 6.45) is 4.87. The Kier molecular flexibility index (Phi) is 4.16. The highest BCUT2D eigenvalue weighted by Gasteiger charge is 2.27. The van der Waals surface area contributed by atoms with Gasteiger partial charge in [0, 0.05) is 24.5 Å². The molecule has 1 N–H and O–H groups in total. The van der Waals surface area contributed by atoms with Crippen LogP contribution in [-0.4, -0.2) is 40.9 Å². The molecule has 5 nitrogen and oxygen atoms in total. The highest BCUT2D eigenvalue weighted by Crippen LogP contribution is 2.26. The molecule has 3 rings (SSSR count). The molecule has 1 aromatic heterocycles. The van der Waals surface area contributed by atoms with Crippen LogP contribution in [0.15, 0.2) is 29.1 Å². The quantitative estimate of drug-likeness (QED) is 0.944. The van der Waals surface area contributed by atoms with E-state index in [1.807, 2.05) is 24.3 Å². The zero-order valence-corrected chi connectivity index (χ0v) is 13.5. The molecule has 1 saturated carbocycles. The van der Waals surface area contributed by atoms with Crippen LogP contribution in [0.3, 0.4) is 0 Å². The third-order valence-corrected chi connectivity index (χ3v) is 4.67. The Labute approximate surface area is 130 Å². The number of anilines is 1. The van der Waals surface area contributed by atoms with E-state index in [1.54, 1.807) is 7.05 Å². The second kappa shape index (κ2) is 6.08. The summed E-state index contributed by atoms with van der Waals surface area (Å²) >= 11 is 0. The average molecular weight is 300 g/mol. The monoisotopic (exact) mass is 300 g/mol. The summed E-state index contributed by atoms with van der Waals surface area (Å²) in [6.45, 7) is 0. The third kappa shape index (κ3) is 2.73. The van der Waals surface area contributed by atoms with Crippen molar-refractivity contribution in [2.24, 2.45) is 7.05 Å². The standard InChI is InChI=1S/C17H24N4O/c1-20(2)15-11-7-6-10-14(15)18-16-12-8-4-5-9-13(12)17(22)21(3)19-16/h4-5,8-9,14-15H,6-7,10-11H2,1-3H3,(H,18,19)/t14-,15+/m0/s1. The van der Waals surface area contributed by atoms with Gasteiger partial charge in [0.25, 0.3) is 5.56 Å². The fraction of sp³-hybridized carbons (Fsp3) is 0.529. The molecule has 0 radical (unpaired) electrons. The highest BCUT2D eigenvalue weighted by atomic mass is 16.1. The van der Waals surface area contributed by atoms with E-state index in [9.17, 15) is 4.79 Å². The van der Waals surface area contributed by atoms with Crippen LogP contribution in [0.25, 0.3) is 10.8 Å². The molecule has 0 amide bonds. The smallest absolute Gasteiger partial charge is 0.274 e. The lowest BCUT2D eigenvalue weighted by Crippen LogP contribution is -2.45. The maximum atomic E-state index is 12.2. The fourth-order valence-corrected chi connectivity index (χ4v) is 3.48. The van der Waals surface area contributed by atoms with Gasteiger partial charge >= 0.3 is 0 Å². The van der Waals surface area contributed by atoms with Crippen molar-refractivity contribution >= 4 is 16.6 Å². The summed E-state index contributed by atoms with van der Waals surface area (Å²) < 4.78 is 1.43. The molecule has 0 saturated heterocycles. The molecule has 0 aliphatic heterocycles. The van der Waals surface area contributed by atoms with Crippen LogP contribution in [0.2, 0.25) is 0 Å². The summed E-state index contributed by atoms with van der Waals surface area (Å²) in [7, 11) is 5.98. The Balaban J connectivity index is 2.00. The van der Waals surface area contributed by atoms with E-state index in [0.717, 1.165) is 23.0 Å². The number of benzene rings is 1. The highest BCUT2D eigenvalue weighted by molar-refractivity contribution is 5.90. The summed E-state index contributed by atoms with van der Waals surface area (Å²) in [4.78, 5) is 14.5. The summed E-state index contributed by atoms with van der Waals surface area (Å²) in [5.74, 6) is 0.816. The van der Waals surface area contributed by atoms with Gasteiger partial charge in [0.1, 0.15) is 0 Å². The van der Waals surface area contributed by atoms with Gasteiger partial charge in [-0.2, -0.15) is 5.10 Å². The van der Waals surface area contributed by atoms with E-state index in [-0.39, 0.29) is 5.56 Å². The van der Waals surface area contributed by atoms with E-state index in [2.05, 4.69) is 29.4 Å². The van der Waals surface area contributed by atoms with Gasteiger partial charge in [-0.05, 0) is 33.0 Å². The van der Waals surface area contributed by atoms with Crippen molar-refractivity contribution in [3.05, 3.63) is 34.6 Å². The Morgan fingerprint density at radius 3 is 2.59 bits per heavy atom. The number of nitrogens with one attached hydrogen (secondary N) is 1. The Hall–Kier alpha value is -1.88. The molecule has 118 valence electrons. The first-order valence-electron chi connectivity index (χ1n) is 7.97. The molecular formula is C17H24N4O. The number of nitrogens with zero attached hydrogens (tertiary/aromatic N) is 3. The van der Waals surface area contributed by atoms with E-state index in [1.165, 1.54) is 23.9 Å². The molecule has 22 heavy (non-hydrogen) atoms. The number of hydrogen-bond donors (Lipinski definition) is 1. The predicted molar refractivity (Wildman–Crippen MR) is 90.3 cm³/mol. The first-order chi connectivity index (χ1) is 10.6. The minimum atomic E-state index is -0.0473. The lowest BCUT2D eigenvalue weighted by Gasteiger charge is -2.37. The lowest BCUT2D eigenvalue weighted by atomic mass is 9.89. The van der Waals surface area contributed by atoms with Crippen molar-refractivity contribution in [2.45, 2.75) is 37.8 Å². The number of fused-ring (bicyclic) bond motifs is 1. The van der Waals surface area contributed by atoms with E-state index in [0.29, 0.717) is 12.1 Å². The first-order valence-corrected chi connectivity index (χ1v) is 7.97. The van der Waals surface area contributed by atoms with Crippen LogP contribution in [0.1, 0.15) is 25.7 Å². The van der Waals surface area contributed by atoms with Gasteiger partial charge in [-0.3, -0.25) is 4.79 Å². The lowest BCUT2D eigenvalue weighted by molar-refractivity contribution is 0.211. The second-order valence-electron chi connectivity index (χ2n) is 6.39. The molecule has 1 fully saturated rings. The first kappa shape index (κ1) is 15.0. The molecule has 2 aromatic rings. The van der Waals surface area contributed by atoms with Crippen molar-refractivity contribution in [1.82, 2.24) is 14.7 Å². The third-order valence-electron chi connectivity index (χ3n) is 4.67. The van der Waals surface area contributed by atoms with Crippen LogP contribution in [0.5, 0.6) is 0 Å². The van der Waals surface area contributed by atoms with Crippen molar-refractivity contribution in [1.29, 1.82) is 0 Å². The van der Waals surface area contributed by atoms with Crippen LogP contribution in [0, 0.1) is 0 Å². The van der Waals surface area contributed by atoms with Gasteiger partial charge in [0.2, 0.25) is 0 Å². The Morgan fingerprint density at radius 2 is 1.86 bits per heavy atom. The predicted octanol–water partition coefficient (Wildman–Crippen LogP) is 2.22. The number of aryl methyl sites for hydroxylation is 1. The van der Waals surface area contributed by atoms with Gasteiger partial charge < -0.3 is 10.2 Å². The van der Waals surface area contributed by atoms with E-state index in [4.69, 9.17) is 0 Å². The molecule has 5 heteroatoms. The van der Waals surface area contributed by atoms with Crippen LogP contribution in [-0.2, 0) is 7.05 Å². The second-order valence-corrected chi connectivity index (χ2v) is 6.39. The largest absolute Gasteiger partial charge is 0.364 e. The average Bonchev–Trinajstić information content (AvgIpc) is 2.53. The molecule has 1 aliphatic rings. The van der Waals surface area contributed by atoms with Crippen molar-refractivity contribution in [3.63, 3.8) is 0 Å². The number of hydrogen-bond acceptors (Lipinski definition) is 4. The molecular weight excluding hydrogens is 276 g/mol. The molecule has 0 spiro atoms. The maximum Gasteiger partial charge on any atom is 0.274 e. The zero-order valence-electron chi connectivity index (χ0n) is 13.5. The molecule has 1 aliphatic carbocycles. The number of likely N-dealkylation sites (N-methyl/N-ethyl adjacent to an activating group) is 1. The van der Waals surface area contributed by atoms with Gasteiger partial charge in [-0.15, -0.1) is 0 Å². The van der Waals surface area contributed by atoms with Gasteiger partial charge in [0.15, 0.2) is 5.82 Å². The molecule has 2 atom stereocenters. The van der Waals surface area contributed by atoms with Gasteiger partial charge in [-0.1, -0.05) is 31.0 Å². The van der Waals surface area contributed by atoms with Gasteiger partial charge in [-0.25, -0.2) is 4.68 Å². The zero-order chi connectivity index (χ0) is 15.7. The van der Waals surface area contributed by atoms with Crippen LogP contribution < -0.4 is 10.9 Å². The maximum absolute atomic E-state index is 12.2. The fourth-order valence-electron chi connectivity index (χ4n) is 3.48. The Morgan fingerprint density at radius 1 is 1.18 bits per heavy atom. The Bertz CT molecular complexity index is 722. The minimum absolute atomic E-state index is 0.0473. The topological polar surface area (TPSA) is 50.2 Å². The molecule has 0 bridgehead atoms. The number of aromatic nitrogens is 2. The van der Waals surface area contributed by atoms with Crippen molar-refractivity contribution < 1.29 is 0 Å².